The first-order chi connectivity index (χ1) is 7.24. The van der Waals surface area contributed by atoms with Crippen LogP contribution in [-0.4, -0.2) is 15.0 Å². The third kappa shape index (κ3) is 2.97. The number of anilines is 1. The fraction of sp³-hybridized carbons (Fsp3) is 0.222. The van der Waals surface area contributed by atoms with E-state index in [9.17, 15) is 0 Å². The number of nitrogens with zero attached hydrogens (tertiary/aromatic N) is 3. The second-order valence-electron chi connectivity index (χ2n) is 2.94. The van der Waals surface area contributed by atoms with Crippen molar-refractivity contribution in [3.8, 4) is 0 Å². The Morgan fingerprint density at radius 3 is 3.00 bits per heavy atom. The zero-order chi connectivity index (χ0) is 10.7. The smallest absolute Gasteiger partial charge is 0.131 e. The number of thiazole rings is 1. The highest BCUT2D eigenvalue weighted by Gasteiger charge is 2.00. The molecule has 15 heavy (non-hydrogen) atoms. The van der Waals surface area contributed by atoms with Gasteiger partial charge in [-0.25, -0.2) is 9.97 Å². The van der Waals surface area contributed by atoms with Gasteiger partial charge < -0.3 is 5.32 Å². The zero-order valence-electron chi connectivity index (χ0n) is 8.07. The summed E-state index contributed by atoms with van der Waals surface area (Å²) in [6, 6.07) is 1.86. The molecule has 0 atom stereocenters. The van der Waals surface area contributed by atoms with Crippen LogP contribution >= 0.6 is 27.3 Å². The Kier molecular flexibility index (Phi) is 3.27. The van der Waals surface area contributed by atoms with Gasteiger partial charge in [0.15, 0.2) is 0 Å². The Bertz CT molecular complexity index is 423. The molecule has 2 rings (SSSR count). The summed E-state index contributed by atoms with van der Waals surface area (Å²) in [6.45, 7) is 2.61. The van der Waals surface area contributed by atoms with E-state index in [2.05, 4.69) is 36.2 Å². The van der Waals surface area contributed by atoms with Gasteiger partial charge in [0.25, 0.3) is 0 Å². The molecule has 2 aromatic rings. The van der Waals surface area contributed by atoms with Crippen LogP contribution in [-0.2, 0) is 6.54 Å². The van der Waals surface area contributed by atoms with Crippen molar-refractivity contribution >= 4 is 33.1 Å². The molecule has 0 spiro atoms. The summed E-state index contributed by atoms with van der Waals surface area (Å²) < 4.78 is 0.793. The van der Waals surface area contributed by atoms with Crippen LogP contribution in [0.25, 0.3) is 0 Å². The number of halogens is 1. The molecule has 2 heterocycles. The molecule has 0 radical (unpaired) electrons. The number of hydrogen-bond donors (Lipinski definition) is 1. The average Bonchev–Trinajstić information content (AvgIpc) is 2.65. The van der Waals surface area contributed by atoms with E-state index in [1.54, 1.807) is 11.3 Å². The maximum Gasteiger partial charge on any atom is 0.131 e. The van der Waals surface area contributed by atoms with E-state index >= 15 is 0 Å². The number of nitrogens with one attached hydrogen (secondary N) is 1. The molecule has 1 N–H and O–H groups in total. The third-order valence-corrected chi connectivity index (χ3v) is 2.92. The first kappa shape index (κ1) is 10.5. The molecule has 78 valence electrons. The van der Waals surface area contributed by atoms with Crippen LogP contribution < -0.4 is 5.32 Å². The van der Waals surface area contributed by atoms with E-state index in [-0.39, 0.29) is 0 Å². The molecule has 2 aromatic heterocycles. The van der Waals surface area contributed by atoms with Crippen molar-refractivity contribution < 1.29 is 0 Å². The molecule has 0 unspecified atom stereocenters. The molecule has 0 aromatic carbocycles. The lowest BCUT2D eigenvalue weighted by Gasteiger charge is -2.04. The molecule has 6 heteroatoms. The van der Waals surface area contributed by atoms with Gasteiger partial charge in [-0.05, 0) is 22.9 Å². The SMILES string of the molecule is Cc1nc(Br)cc(NCc2cncs2)n1. The minimum atomic E-state index is 0.744. The molecule has 0 aliphatic rings. The van der Waals surface area contributed by atoms with Gasteiger partial charge in [0.05, 0.1) is 12.1 Å². The highest BCUT2D eigenvalue weighted by Crippen LogP contribution is 2.14. The Labute approximate surface area is 99.9 Å². The molecular formula is C9H9BrN4S. The largest absolute Gasteiger partial charge is 0.365 e. The minimum Gasteiger partial charge on any atom is -0.365 e. The van der Waals surface area contributed by atoms with Crippen LogP contribution in [0.15, 0.2) is 22.4 Å². The minimum absolute atomic E-state index is 0.744. The van der Waals surface area contributed by atoms with Gasteiger partial charge in [-0.2, -0.15) is 0 Å². The van der Waals surface area contributed by atoms with Gasteiger partial charge in [-0.3, -0.25) is 4.98 Å². The van der Waals surface area contributed by atoms with E-state index < -0.39 is 0 Å². The van der Waals surface area contributed by atoms with Gasteiger partial charge in [0, 0.05) is 17.1 Å². The maximum absolute atomic E-state index is 4.27. The number of aromatic nitrogens is 3. The summed E-state index contributed by atoms with van der Waals surface area (Å²) in [5.41, 5.74) is 1.82. The Balaban J connectivity index is 2.05. The summed E-state index contributed by atoms with van der Waals surface area (Å²) in [7, 11) is 0. The van der Waals surface area contributed by atoms with Gasteiger partial charge in [-0.15, -0.1) is 11.3 Å². The first-order valence-corrected chi connectivity index (χ1v) is 6.04. The molecule has 0 saturated heterocycles. The number of hydrogen-bond acceptors (Lipinski definition) is 5. The second kappa shape index (κ2) is 4.67. The van der Waals surface area contributed by atoms with Crippen LogP contribution in [0.5, 0.6) is 0 Å². The summed E-state index contributed by atoms with van der Waals surface area (Å²) in [6.07, 6.45) is 1.85. The van der Waals surface area contributed by atoms with Crippen molar-refractivity contribution in [3.05, 3.63) is 33.1 Å². The number of aryl methyl sites for hydroxylation is 1. The maximum atomic E-state index is 4.27. The molecule has 0 saturated carbocycles. The van der Waals surface area contributed by atoms with E-state index in [1.807, 2.05) is 24.7 Å². The van der Waals surface area contributed by atoms with Crippen molar-refractivity contribution in [1.82, 2.24) is 15.0 Å². The lowest BCUT2D eigenvalue weighted by molar-refractivity contribution is 1.01. The summed E-state index contributed by atoms with van der Waals surface area (Å²) in [5, 5.41) is 3.22. The topological polar surface area (TPSA) is 50.7 Å². The van der Waals surface area contributed by atoms with E-state index in [0.717, 1.165) is 22.8 Å². The lowest BCUT2D eigenvalue weighted by Crippen LogP contribution is -2.01. The second-order valence-corrected chi connectivity index (χ2v) is 4.73. The van der Waals surface area contributed by atoms with Crippen LogP contribution in [0.2, 0.25) is 0 Å². The van der Waals surface area contributed by atoms with Gasteiger partial charge in [-0.1, -0.05) is 0 Å². The lowest BCUT2D eigenvalue weighted by atomic mass is 10.5. The summed E-state index contributed by atoms with van der Waals surface area (Å²) >= 11 is 4.95. The molecule has 0 amide bonds. The summed E-state index contributed by atoms with van der Waals surface area (Å²) in [5.74, 6) is 1.57. The van der Waals surface area contributed by atoms with E-state index in [4.69, 9.17) is 0 Å². The quantitative estimate of drug-likeness (QED) is 0.881. The fourth-order valence-corrected chi connectivity index (χ4v) is 2.14. The average molecular weight is 285 g/mol. The van der Waals surface area contributed by atoms with Crippen molar-refractivity contribution in [2.75, 3.05) is 5.32 Å². The molecule has 0 aliphatic heterocycles. The molecule has 0 aliphatic carbocycles. The Morgan fingerprint density at radius 2 is 2.33 bits per heavy atom. The molecule has 0 fully saturated rings. The van der Waals surface area contributed by atoms with Crippen LogP contribution in [0.4, 0.5) is 5.82 Å². The molecule has 0 bridgehead atoms. The van der Waals surface area contributed by atoms with Crippen molar-refractivity contribution in [3.63, 3.8) is 0 Å². The Hall–Kier alpha value is -1.01. The Morgan fingerprint density at radius 1 is 1.47 bits per heavy atom. The summed E-state index contributed by atoms with van der Waals surface area (Å²) in [4.78, 5) is 13.6. The first-order valence-electron chi connectivity index (χ1n) is 4.36. The predicted octanol–water partition coefficient (Wildman–Crippen LogP) is 2.62. The molecular weight excluding hydrogens is 276 g/mol. The standard InChI is InChI=1S/C9H9BrN4S/c1-6-13-8(10)2-9(14-6)12-4-7-3-11-5-15-7/h2-3,5H,4H2,1H3,(H,12,13,14). The van der Waals surface area contributed by atoms with Crippen LogP contribution in [0.3, 0.4) is 0 Å². The zero-order valence-corrected chi connectivity index (χ0v) is 10.5. The normalized spacial score (nSPS) is 10.3. The predicted molar refractivity (Wildman–Crippen MR) is 63.9 cm³/mol. The van der Waals surface area contributed by atoms with Gasteiger partial charge in [0.2, 0.25) is 0 Å². The van der Waals surface area contributed by atoms with Crippen LogP contribution in [0, 0.1) is 6.92 Å². The van der Waals surface area contributed by atoms with E-state index in [1.165, 1.54) is 4.88 Å². The van der Waals surface area contributed by atoms with Crippen molar-refractivity contribution in [1.29, 1.82) is 0 Å². The monoisotopic (exact) mass is 284 g/mol. The van der Waals surface area contributed by atoms with E-state index in [0.29, 0.717) is 0 Å². The highest BCUT2D eigenvalue weighted by atomic mass is 79.9. The van der Waals surface area contributed by atoms with Gasteiger partial charge >= 0.3 is 0 Å². The highest BCUT2D eigenvalue weighted by molar-refractivity contribution is 9.10. The van der Waals surface area contributed by atoms with Gasteiger partial charge in [0.1, 0.15) is 16.2 Å². The van der Waals surface area contributed by atoms with Crippen LogP contribution in [0.1, 0.15) is 10.7 Å². The van der Waals surface area contributed by atoms with Crippen molar-refractivity contribution in [2.45, 2.75) is 13.5 Å². The fourth-order valence-electron chi connectivity index (χ4n) is 1.13. The number of rotatable bonds is 3. The van der Waals surface area contributed by atoms with Crippen molar-refractivity contribution in [2.24, 2.45) is 0 Å². The molecule has 4 nitrogen and oxygen atoms in total. The third-order valence-electron chi connectivity index (χ3n) is 1.73.